The summed E-state index contributed by atoms with van der Waals surface area (Å²) < 4.78 is 5.16. The molecular formula is C17H20N2O2. The lowest BCUT2D eigenvalue weighted by Gasteiger charge is -2.24. The predicted octanol–water partition coefficient (Wildman–Crippen LogP) is 3.19. The Labute approximate surface area is 124 Å². The van der Waals surface area contributed by atoms with E-state index in [0.29, 0.717) is 17.1 Å². The van der Waals surface area contributed by atoms with Crippen LogP contribution >= 0.6 is 0 Å². The molecule has 110 valence electrons. The number of ether oxygens (including phenoxy) is 1. The van der Waals surface area contributed by atoms with E-state index >= 15 is 0 Å². The van der Waals surface area contributed by atoms with Gasteiger partial charge in [-0.3, -0.25) is 4.79 Å². The maximum absolute atomic E-state index is 12.5. The summed E-state index contributed by atoms with van der Waals surface area (Å²) in [5.41, 5.74) is 7.31. The maximum atomic E-state index is 12.5. The topological polar surface area (TPSA) is 64.3 Å². The second-order valence-electron chi connectivity index (χ2n) is 5.40. The highest BCUT2D eigenvalue weighted by Crippen LogP contribution is 2.28. The van der Waals surface area contributed by atoms with Gasteiger partial charge in [-0.25, -0.2) is 0 Å². The summed E-state index contributed by atoms with van der Waals surface area (Å²) in [6.07, 6.45) is 0. The van der Waals surface area contributed by atoms with E-state index in [9.17, 15) is 4.79 Å². The number of amides is 1. The van der Waals surface area contributed by atoms with Crippen LogP contribution in [-0.4, -0.2) is 13.0 Å². The van der Waals surface area contributed by atoms with Crippen LogP contribution in [0.1, 0.15) is 19.4 Å². The Balaban J connectivity index is 2.21. The van der Waals surface area contributed by atoms with Crippen molar-refractivity contribution < 1.29 is 9.53 Å². The van der Waals surface area contributed by atoms with Crippen molar-refractivity contribution in [1.29, 1.82) is 0 Å². The molecule has 0 atom stereocenters. The SMILES string of the molecule is COc1cc(NC(=O)C(C)(C)c2ccccc2)ccc1N. The van der Waals surface area contributed by atoms with Crippen LogP contribution in [0, 0.1) is 0 Å². The van der Waals surface area contributed by atoms with Crippen molar-refractivity contribution in [1.82, 2.24) is 0 Å². The van der Waals surface area contributed by atoms with Crippen LogP contribution in [0.3, 0.4) is 0 Å². The van der Waals surface area contributed by atoms with E-state index in [2.05, 4.69) is 5.32 Å². The van der Waals surface area contributed by atoms with Crippen molar-refractivity contribution >= 4 is 17.3 Å². The van der Waals surface area contributed by atoms with Gasteiger partial charge < -0.3 is 15.8 Å². The zero-order valence-electron chi connectivity index (χ0n) is 12.5. The van der Waals surface area contributed by atoms with Gasteiger partial charge in [-0.1, -0.05) is 30.3 Å². The number of benzene rings is 2. The lowest BCUT2D eigenvalue weighted by atomic mass is 9.83. The molecule has 1 amide bonds. The minimum atomic E-state index is -0.629. The van der Waals surface area contributed by atoms with Gasteiger partial charge in [0.2, 0.25) is 5.91 Å². The van der Waals surface area contributed by atoms with Crippen molar-refractivity contribution in [3.8, 4) is 5.75 Å². The second-order valence-corrected chi connectivity index (χ2v) is 5.40. The number of hydrogen-bond acceptors (Lipinski definition) is 3. The Hall–Kier alpha value is -2.49. The third-order valence-corrected chi connectivity index (χ3v) is 3.55. The quantitative estimate of drug-likeness (QED) is 0.847. The van der Waals surface area contributed by atoms with Gasteiger partial charge in [0, 0.05) is 11.8 Å². The molecule has 2 aromatic carbocycles. The van der Waals surface area contributed by atoms with Crippen molar-refractivity contribution in [2.45, 2.75) is 19.3 Å². The third kappa shape index (κ3) is 3.16. The molecule has 0 radical (unpaired) electrons. The van der Waals surface area contributed by atoms with Gasteiger partial charge in [-0.2, -0.15) is 0 Å². The normalized spacial score (nSPS) is 11.0. The Morgan fingerprint density at radius 2 is 1.81 bits per heavy atom. The Morgan fingerprint density at radius 1 is 1.14 bits per heavy atom. The van der Waals surface area contributed by atoms with Crippen LogP contribution in [-0.2, 0) is 10.2 Å². The monoisotopic (exact) mass is 284 g/mol. The van der Waals surface area contributed by atoms with E-state index < -0.39 is 5.41 Å². The average molecular weight is 284 g/mol. The standard InChI is InChI=1S/C17H20N2O2/c1-17(2,12-7-5-4-6-8-12)16(20)19-13-9-10-14(18)15(11-13)21-3/h4-11H,18H2,1-3H3,(H,19,20). The van der Waals surface area contributed by atoms with Crippen LogP contribution in [0.5, 0.6) is 5.75 Å². The summed E-state index contributed by atoms with van der Waals surface area (Å²) in [6, 6.07) is 14.9. The summed E-state index contributed by atoms with van der Waals surface area (Å²) in [5, 5.41) is 2.91. The van der Waals surface area contributed by atoms with Crippen LogP contribution in [0.2, 0.25) is 0 Å². The number of nitrogens with one attached hydrogen (secondary N) is 1. The van der Waals surface area contributed by atoms with Gasteiger partial charge in [-0.15, -0.1) is 0 Å². The van der Waals surface area contributed by atoms with Gasteiger partial charge in [0.15, 0.2) is 0 Å². The first-order valence-electron chi connectivity index (χ1n) is 6.75. The Kier molecular flexibility index (Phi) is 4.17. The highest BCUT2D eigenvalue weighted by atomic mass is 16.5. The summed E-state index contributed by atoms with van der Waals surface area (Å²) in [6.45, 7) is 3.79. The first-order chi connectivity index (χ1) is 9.95. The van der Waals surface area contributed by atoms with E-state index in [1.165, 1.54) is 0 Å². The van der Waals surface area contributed by atoms with Crippen LogP contribution in [0.4, 0.5) is 11.4 Å². The first-order valence-corrected chi connectivity index (χ1v) is 6.75. The molecule has 0 aromatic heterocycles. The fraction of sp³-hybridized carbons (Fsp3) is 0.235. The van der Waals surface area contributed by atoms with Gasteiger partial charge in [0.1, 0.15) is 5.75 Å². The molecule has 0 saturated heterocycles. The summed E-state index contributed by atoms with van der Waals surface area (Å²) in [4.78, 5) is 12.5. The minimum absolute atomic E-state index is 0.0828. The van der Waals surface area contributed by atoms with Crippen LogP contribution < -0.4 is 15.8 Å². The van der Waals surface area contributed by atoms with Crippen molar-refractivity contribution in [3.05, 3.63) is 54.1 Å². The van der Waals surface area contributed by atoms with Crippen molar-refractivity contribution in [2.24, 2.45) is 0 Å². The molecule has 21 heavy (non-hydrogen) atoms. The Bertz CT molecular complexity index is 636. The molecule has 0 spiro atoms. The van der Waals surface area contributed by atoms with E-state index in [-0.39, 0.29) is 5.91 Å². The first kappa shape index (κ1) is 14.9. The molecule has 0 aliphatic heterocycles. The molecule has 2 rings (SSSR count). The highest BCUT2D eigenvalue weighted by molar-refractivity contribution is 5.98. The smallest absolute Gasteiger partial charge is 0.234 e. The van der Waals surface area contributed by atoms with Gasteiger partial charge in [-0.05, 0) is 31.5 Å². The molecule has 0 heterocycles. The molecule has 0 aliphatic carbocycles. The number of nitrogen functional groups attached to an aromatic ring is 1. The van der Waals surface area contributed by atoms with Gasteiger partial charge in [0.25, 0.3) is 0 Å². The molecule has 4 heteroatoms. The zero-order valence-corrected chi connectivity index (χ0v) is 12.5. The van der Waals surface area contributed by atoms with Crippen molar-refractivity contribution in [3.63, 3.8) is 0 Å². The summed E-state index contributed by atoms with van der Waals surface area (Å²) in [5.74, 6) is 0.464. The number of carbonyl (C=O) groups excluding carboxylic acids is 1. The van der Waals surface area contributed by atoms with Gasteiger partial charge >= 0.3 is 0 Å². The van der Waals surface area contributed by atoms with Crippen molar-refractivity contribution in [2.75, 3.05) is 18.2 Å². The molecule has 2 aromatic rings. The predicted molar refractivity (Wildman–Crippen MR) is 85.5 cm³/mol. The lowest BCUT2D eigenvalue weighted by Crippen LogP contribution is -2.34. The molecule has 0 fully saturated rings. The van der Waals surface area contributed by atoms with Crippen LogP contribution in [0.25, 0.3) is 0 Å². The zero-order chi connectivity index (χ0) is 15.5. The van der Waals surface area contributed by atoms with Crippen LogP contribution in [0.15, 0.2) is 48.5 Å². The number of hydrogen-bond donors (Lipinski definition) is 2. The minimum Gasteiger partial charge on any atom is -0.495 e. The number of rotatable bonds is 4. The molecule has 4 nitrogen and oxygen atoms in total. The van der Waals surface area contributed by atoms with Gasteiger partial charge in [0.05, 0.1) is 18.2 Å². The molecule has 0 unspecified atom stereocenters. The Morgan fingerprint density at radius 3 is 2.43 bits per heavy atom. The average Bonchev–Trinajstić information content (AvgIpc) is 2.50. The highest BCUT2D eigenvalue weighted by Gasteiger charge is 2.29. The largest absolute Gasteiger partial charge is 0.495 e. The lowest BCUT2D eigenvalue weighted by molar-refractivity contribution is -0.120. The fourth-order valence-electron chi connectivity index (χ4n) is 2.06. The second kappa shape index (κ2) is 5.87. The van der Waals surface area contributed by atoms with E-state index in [1.54, 1.807) is 25.3 Å². The summed E-state index contributed by atoms with van der Waals surface area (Å²) >= 11 is 0. The molecule has 0 bridgehead atoms. The van der Waals surface area contributed by atoms with E-state index in [0.717, 1.165) is 5.56 Å². The number of carbonyl (C=O) groups is 1. The molecule has 0 aliphatic rings. The summed E-state index contributed by atoms with van der Waals surface area (Å²) in [7, 11) is 1.55. The molecule has 3 N–H and O–H groups in total. The number of anilines is 2. The molecular weight excluding hydrogens is 264 g/mol. The number of nitrogens with two attached hydrogens (primary N) is 1. The van der Waals surface area contributed by atoms with E-state index in [4.69, 9.17) is 10.5 Å². The maximum Gasteiger partial charge on any atom is 0.234 e. The third-order valence-electron chi connectivity index (χ3n) is 3.55. The fourth-order valence-corrected chi connectivity index (χ4v) is 2.06. The van der Waals surface area contributed by atoms with E-state index in [1.807, 2.05) is 44.2 Å². The molecule has 0 saturated carbocycles. The number of methoxy groups -OCH3 is 1.